The maximum absolute atomic E-state index is 13.0. The lowest BCUT2D eigenvalue weighted by Crippen LogP contribution is -2.37. The van der Waals surface area contributed by atoms with Crippen LogP contribution in [0, 0.1) is 0 Å². The van der Waals surface area contributed by atoms with E-state index in [-0.39, 0.29) is 19.3 Å². The van der Waals surface area contributed by atoms with E-state index in [0.717, 1.165) is 30.0 Å². The second-order valence-corrected chi connectivity index (χ2v) is 9.57. The molecule has 3 aromatic carbocycles. The summed E-state index contributed by atoms with van der Waals surface area (Å²) in [4.78, 5) is 0.305. The molecule has 1 heterocycles. The van der Waals surface area contributed by atoms with Crippen LogP contribution in [0.25, 0.3) is 10.8 Å². The highest BCUT2D eigenvalue weighted by molar-refractivity contribution is 7.93. The highest BCUT2D eigenvalue weighted by Gasteiger charge is 2.36. The van der Waals surface area contributed by atoms with Gasteiger partial charge in [0.05, 0.1) is 35.9 Å². The van der Waals surface area contributed by atoms with Gasteiger partial charge in [-0.15, -0.1) is 0 Å². The number of β-amino-alcohol motifs (C(OH)–C–C–N with tert-alkyl or cyclic N) is 1. The number of hydrogen-bond acceptors (Lipinski definition) is 4. The van der Waals surface area contributed by atoms with Crippen molar-refractivity contribution in [3.05, 3.63) is 71.8 Å². The predicted octanol–water partition coefficient (Wildman–Crippen LogP) is 3.80. The number of ether oxygens (including phenoxy) is 1. The summed E-state index contributed by atoms with van der Waals surface area (Å²) < 4.78 is 33.4. The molecule has 5 nitrogen and oxygen atoms in total. The molecule has 0 saturated carbocycles. The number of sulfonamides is 1. The highest BCUT2D eigenvalue weighted by Crippen LogP contribution is 2.42. The Hall–Kier alpha value is -2.41. The van der Waals surface area contributed by atoms with Crippen LogP contribution in [0.4, 0.5) is 5.69 Å². The molecule has 0 amide bonds. The third kappa shape index (κ3) is 3.12. The van der Waals surface area contributed by atoms with E-state index in [1.165, 1.54) is 15.4 Å². The number of hydrogen-bond donors (Lipinski definition) is 1. The van der Waals surface area contributed by atoms with E-state index in [2.05, 4.69) is 12.1 Å². The Morgan fingerprint density at radius 1 is 1.07 bits per heavy atom. The summed E-state index contributed by atoms with van der Waals surface area (Å²) >= 11 is 0. The molecule has 0 spiro atoms. The summed E-state index contributed by atoms with van der Waals surface area (Å²) in [6, 6.07) is 19.1. The number of fused-ring (bicyclic) bond motifs is 1. The Balaban J connectivity index is 1.33. The van der Waals surface area contributed by atoms with Gasteiger partial charge in [-0.2, -0.15) is 0 Å². The third-order valence-electron chi connectivity index (χ3n) is 5.86. The Morgan fingerprint density at radius 3 is 2.72 bits per heavy atom. The van der Waals surface area contributed by atoms with E-state index in [0.29, 0.717) is 10.6 Å². The second-order valence-electron chi connectivity index (χ2n) is 7.73. The Labute approximate surface area is 170 Å². The van der Waals surface area contributed by atoms with E-state index in [4.69, 9.17) is 4.74 Å². The molecule has 0 radical (unpaired) electrons. The lowest BCUT2D eigenvalue weighted by atomic mass is 9.89. The molecular formula is C23H23NO4S. The standard InChI is InChI=1S/C23H23NO4S/c25-18(15-28-21-12-4-7-16-6-1-2-10-19(16)21)14-24-20-11-3-8-17-9-5-13-22(23(17)20)29(24,26)27/h1-3,5-6,8-11,13,18,21,25H,4,7,12,14-15H2/t18-,21+/m1/s1. The summed E-state index contributed by atoms with van der Waals surface area (Å²) in [5, 5.41) is 12.2. The molecule has 1 N–H and O–H groups in total. The molecule has 29 heavy (non-hydrogen) atoms. The number of rotatable bonds is 5. The van der Waals surface area contributed by atoms with Crippen molar-refractivity contribution in [1.82, 2.24) is 0 Å². The number of aliphatic hydroxyl groups is 1. The van der Waals surface area contributed by atoms with Gasteiger partial charge >= 0.3 is 0 Å². The van der Waals surface area contributed by atoms with E-state index >= 15 is 0 Å². The van der Waals surface area contributed by atoms with Gasteiger partial charge in [0.2, 0.25) is 0 Å². The van der Waals surface area contributed by atoms with E-state index < -0.39 is 16.1 Å². The molecule has 5 rings (SSSR count). The third-order valence-corrected chi connectivity index (χ3v) is 7.68. The average Bonchev–Trinajstić information content (AvgIpc) is 2.95. The van der Waals surface area contributed by atoms with Gasteiger partial charge in [-0.3, -0.25) is 4.31 Å². The maximum Gasteiger partial charge on any atom is 0.265 e. The summed E-state index contributed by atoms with van der Waals surface area (Å²) in [5.74, 6) is 0. The molecule has 0 unspecified atom stereocenters. The SMILES string of the molecule is O=S1(=O)c2cccc3cccc(c23)N1C[C@@H](O)CO[C@H]1CCCc2ccccc21. The van der Waals surface area contributed by atoms with Crippen molar-refractivity contribution in [3.8, 4) is 0 Å². The fraction of sp³-hybridized carbons (Fsp3) is 0.304. The Kier molecular flexibility index (Phi) is 4.57. The maximum atomic E-state index is 13.0. The number of aliphatic hydroxyl groups excluding tert-OH is 1. The molecule has 2 atom stereocenters. The van der Waals surface area contributed by atoms with Crippen LogP contribution in [0.5, 0.6) is 0 Å². The number of nitrogens with zero attached hydrogens (tertiary/aromatic N) is 1. The summed E-state index contributed by atoms with van der Waals surface area (Å²) in [6.07, 6.45) is 2.05. The Morgan fingerprint density at radius 2 is 1.86 bits per heavy atom. The average molecular weight is 410 g/mol. The van der Waals surface area contributed by atoms with Crippen LogP contribution in [0.15, 0.2) is 65.6 Å². The normalized spacial score (nSPS) is 20.6. The van der Waals surface area contributed by atoms with Crippen molar-refractivity contribution in [2.75, 3.05) is 17.5 Å². The zero-order valence-electron chi connectivity index (χ0n) is 16.0. The molecule has 1 aliphatic carbocycles. The van der Waals surface area contributed by atoms with Gasteiger partial charge in [-0.25, -0.2) is 8.42 Å². The zero-order valence-corrected chi connectivity index (χ0v) is 16.8. The van der Waals surface area contributed by atoms with E-state index in [1.807, 2.05) is 30.3 Å². The van der Waals surface area contributed by atoms with Gasteiger partial charge in [0.1, 0.15) is 0 Å². The molecule has 6 heteroatoms. The first-order valence-electron chi connectivity index (χ1n) is 9.97. The van der Waals surface area contributed by atoms with Gasteiger partial charge in [-0.1, -0.05) is 48.5 Å². The number of aryl methyl sites for hydroxylation is 1. The molecular weight excluding hydrogens is 386 g/mol. The van der Waals surface area contributed by atoms with Crippen molar-refractivity contribution in [2.45, 2.75) is 36.4 Å². The summed E-state index contributed by atoms with van der Waals surface area (Å²) in [5.41, 5.74) is 3.10. The van der Waals surface area contributed by atoms with E-state index in [1.54, 1.807) is 18.2 Å². The van der Waals surface area contributed by atoms with Crippen LogP contribution in [-0.4, -0.2) is 32.8 Å². The van der Waals surface area contributed by atoms with Crippen molar-refractivity contribution in [2.24, 2.45) is 0 Å². The van der Waals surface area contributed by atoms with E-state index in [9.17, 15) is 13.5 Å². The smallest absolute Gasteiger partial charge is 0.265 e. The van der Waals surface area contributed by atoms with Crippen molar-refractivity contribution < 1.29 is 18.3 Å². The molecule has 2 aliphatic rings. The lowest BCUT2D eigenvalue weighted by molar-refractivity contribution is -0.0137. The minimum absolute atomic E-state index is 0.0233. The van der Waals surface area contributed by atoms with Gasteiger partial charge < -0.3 is 9.84 Å². The lowest BCUT2D eigenvalue weighted by Gasteiger charge is -2.28. The summed E-state index contributed by atoms with van der Waals surface area (Å²) in [7, 11) is -3.67. The number of benzene rings is 3. The Bertz CT molecular complexity index is 1170. The molecule has 0 aromatic heterocycles. The molecule has 0 fully saturated rings. The monoisotopic (exact) mass is 409 g/mol. The highest BCUT2D eigenvalue weighted by atomic mass is 32.2. The first kappa shape index (κ1) is 18.6. The fourth-order valence-electron chi connectivity index (χ4n) is 4.51. The summed E-state index contributed by atoms with van der Waals surface area (Å²) in [6.45, 7) is 0.0713. The minimum Gasteiger partial charge on any atom is -0.389 e. The van der Waals surface area contributed by atoms with Gasteiger partial charge in [0, 0.05) is 5.39 Å². The van der Waals surface area contributed by atoms with Crippen LogP contribution in [0.3, 0.4) is 0 Å². The van der Waals surface area contributed by atoms with Crippen LogP contribution in [0.2, 0.25) is 0 Å². The molecule has 3 aromatic rings. The second kappa shape index (κ2) is 7.13. The molecule has 1 aliphatic heterocycles. The van der Waals surface area contributed by atoms with Crippen molar-refractivity contribution in [1.29, 1.82) is 0 Å². The van der Waals surface area contributed by atoms with Gasteiger partial charge in [0.15, 0.2) is 0 Å². The first-order chi connectivity index (χ1) is 14.1. The quantitative estimate of drug-likeness (QED) is 0.696. The first-order valence-corrected chi connectivity index (χ1v) is 11.4. The van der Waals surface area contributed by atoms with Crippen LogP contribution < -0.4 is 4.31 Å². The van der Waals surface area contributed by atoms with Crippen molar-refractivity contribution >= 4 is 26.5 Å². The molecule has 0 saturated heterocycles. The predicted molar refractivity (Wildman–Crippen MR) is 113 cm³/mol. The topological polar surface area (TPSA) is 66.8 Å². The van der Waals surface area contributed by atoms with Crippen LogP contribution in [0.1, 0.15) is 30.1 Å². The fourth-order valence-corrected chi connectivity index (χ4v) is 6.26. The van der Waals surface area contributed by atoms with Crippen LogP contribution in [-0.2, 0) is 21.2 Å². The molecule has 0 bridgehead atoms. The minimum atomic E-state index is -3.67. The van der Waals surface area contributed by atoms with Crippen molar-refractivity contribution in [3.63, 3.8) is 0 Å². The van der Waals surface area contributed by atoms with Gasteiger partial charge in [0.25, 0.3) is 10.0 Å². The van der Waals surface area contributed by atoms with Gasteiger partial charge in [-0.05, 0) is 47.9 Å². The number of anilines is 1. The molecule has 150 valence electrons. The zero-order chi connectivity index (χ0) is 20.0. The largest absolute Gasteiger partial charge is 0.389 e. The van der Waals surface area contributed by atoms with Crippen LogP contribution >= 0.6 is 0 Å².